The minimum atomic E-state index is -4.69. The van der Waals surface area contributed by atoms with Gasteiger partial charge in [-0.2, -0.15) is 8.42 Å². The van der Waals surface area contributed by atoms with Crippen LogP contribution in [0.2, 0.25) is 0 Å². The maximum Gasteiger partial charge on any atom is 0.339 e. The molecule has 9 atom stereocenters. The topological polar surface area (TPSA) is 101 Å². The van der Waals surface area contributed by atoms with Crippen molar-refractivity contribution in [2.75, 3.05) is 0 Å². The van der Waals surface area contributed by atoms with Crippen molar-refractivity contribution in [1.29, 1.82) is 0 Å². The van der Waals surface area contributed by atoms with Gasteiger partial charge in [-0.1, -0.05) is 37.8 Å². The Balaban J connectivity index is 1.21. The Morgan fingerprint density at radius 2 is 1.13 bits per heavy atom. The standard InChI is InChI=1S/C38H48O6S2/c39-45(40,41)37-13-12-36(29-4-2-1-3-5-30(29)37)44-46(42,43)38-34(32-18-23-7-10-26(32)15-23)20-28(31-17-22-6-9-25(31)14-22)21-35(38)33-19-24-8-11-27(33)16-24/h12-13,20-27,31-33H,1-11,14-19H2,(H,39,40,41)/p-1. The molecule has 248 valence electrons. The fourth-order valence-electron chi connectivity index (χ4n) is 12.1. The molecule has 0 aromatic heterocycles. The predicted octanol–water partition coefficient (Wildman–Crippen LogP) is 8.34. The second kappa shape index (κ2) is 11.1. The summed E-state index contributed by atoms with van der Waals surface area (Å²) in [4.78, 5) is 0.215. The molecular formula is C38H47O6S2-. The first kappa shape index (κ1) is 30.2. The van der Waals surface area contributed by atoms with E-state index in [9.17, 15) is 21.4 Å². The summed E-state index contributed by atoms with van der Waals surface area (Å²) in [7, 11) is -8.95. The molecule has 46 heavy (non-hydrogen) atoms. The molecule has 7 aliphatic rings. The summed E-state index contributed by atoms with van der Waals surface area (Å²) < 4.78 is 72.9. The lowest BCUT2D eigenvalue weighted by molar-refractivity contribution is 0.392. The Labute approximate surface area is 275 Å². The molecule has 0 amide bonds. The van der Waals surface area contributed by atoms with Gasteiger partial charge < -0.3 is 8.74 Å². The summed E-state index contributed by atoms with van der Waals surface area (Å²) in [6.45, 7) is 0. The number of benzene rings is 2. The SMILES string of the molecule is O=S(=O)([O-])c1ccc(OS(=O)(=O)c2c(C3CC4CCC3C4)cc(C3CC4CCC3C4)cc2C2CC3CCC2C3)c2c1CCCCC2. The molecule has 2 aromatic rings. The van der Waals surface area contributed by atoms with Crippen molar-refractivity contribution in [2.45, 2.75) is 137 Å². The molecule has 7 aliphatic carbocycles. The van der Waals surface area contributed by atoms with Crippen molar-refractivity contribution in [3.8, 4) is 5.75 Å². The van der Waals surface area contributed by atoms with Crippen LogP contribution in [0.1, 0.15) is 142 Å². The number of fused-ring (bicyclic) bond motifs is 7. The summed E-state index contributed by atoms with van der Waals surface area (Å²) in [5.41, 5.74) is 4.47. The van der Waals surface area contributed by atoms with E-state index in [1.165, 1.54) is 81.9 Å². The summed E-state index contributed by atoms with van der Waals surface area (Å²) >= 11 is 0. The third-order valence-electron chi connectivity index (χ3n) is 14.0. The van der Waals surface area contributed by atoms with Crippen molar-refractivity contribution < 1.29 is 25.6 Å². The number of hydrogen-bond acceptors (Lipinski definition) is 6. The zero-order valence-corrected chi connectivity index (χ0v) is 28.4. The second-order valence-electron chi connectivity index (χ2n) is 16.4. The predicted molar refractivity (Wildman–Crippen MR) is 174 cm³/mol. The van der Waals surface area contributed by atoms with Crippen LogP contribution >= 0.6 is 0 Å². The van der Waals surface area contributed by atoms with Crippen LogP contribution < -0.4 is 4.18 Å². The third kappa shape index (κ3) is 5.01. The second-order valence-corrected chi connectivity index (χ2v) is 19.3. The highest BCUT2D eigenvalue weighted by Gasteiger charge is 2.48. The first-order valence-corrected chi connectivity index (χ1v) is 21.2. The van der Waals surface area contributed by atoms with E-state index >= 15 is 0 Å². The van der Waals surface area contributed by atoms with Crippen molar-refractivity contribution in [3.63, 3.8) is 0 Å². The molecule has 0 aliphatic heterocycles. The van der Waals surface area contributed by atoms with Crippen LogP contribution in [0.25, 0.3) is 0 Å². The molecule has 6 nitrogen and oxygen atoms in total. The monoisotopic (exact) mass is 663 g/mol. The van der Waals surface area contributed by atoms with E-state index in [-0.39, 0.29) is 22.5 Å². The molecule has 6 saturated carbocycles. The quantitative estimate of drug-likeness (QED) is 0.168. The van der Waals surface area contributed by atoms with E-state index in [1.807, 2.05) is 0 Å². The Morgan fingerprint density at radius 3 is 1.61 bits per heavy atom. The van der Waals surface area contributed by atoms with Crippen molar-refractivity contribution >= 4 is 20.2 Å². The summed E-state index contributed by atoms with van der Waals surface area (Å²) in [5, 5.41) is 0. The summed E-state index contributed by atoms with van der Waals surface area (Å²) in [6, 6.07) is 7.38. The average molecular weight is 664 g/mol. The molecule has 9 unspecified atom stereocenters. The van der Waals surface area contributed by atoms with Crippen LogP contribution in [-0.2, 0) is 33.1 Å². The van der Waals surface area contributed by atoms with Gasteiger partial charge >= 0.3 is 10.1 Å². The third-order valence-corrected chi connectivity index (χ3v) is 16.3. The molecule has 8 heteroatoms. The molecule has 0 N–H and O–H groups in total. The lowest BCUT2D eigenvalue weighted by Crippen LogP contribution is -2.23. The molecule has 0 saturated heterocycles. The van der Waals surface area contributed by atoms with Gasteiger partial charge in [-0.3, -0.25) is 0 Å². The van der Waals surface area contributed by atoms with Gasteiger partial charge in [0, 0.05) is 5.56 Å². The van der Waals surface area contributed by atoms with Crippen molar-refractivity contribution in [3.05, 3.63) is 52.1 Å². The Morgan fingerprint density at radius 1 is 0.609 bits per heavy atom. The van der Waals surface area contributed by atoms with Crippen LogP contribution in [0.4, 0.5) is 0 Å². The molecule has 0 spiro atoms. The van der Waals surface area contributed by atoms with Gasteiger partial charge in [0.25, 0.3) is 0 Å². The summed E-state index contributed by atoms with van der Waals surface area (Å²) in [5.74, 6) is 5.18. The fourth-order valence-corrected chi connectivity index (χ4v) is 14.3. The van der Waals surface area contributed by atoms with Crippen molar-refractivity contribution in [1.82, 2.24) is 0 Å². The van der Waals surface area contributed by atoms with Crippen LogP contribution in [0.3, 0.4) is 0 Å². The maximum atomic E-state index is 15.0. The van der Waals surface area contributed by atoms with Gasteiger partial charge in [0.2, 0.25) is 0 Å². The highest BCUT2D eigenvalue weighted by molar-refractivity contribution is 7.87. The van der Waals surface area contributed by atoms with Gasteiger partial charge in [0.1, 0.15) is 20.8 Å². The van der Waals surface area contributed by atoms with Gasteiger partial charge in [-0.05, 0) is 171 Å². The van der Waals surface area contributed by atoms with Crippen LogP contribution in [-0.4, -0.2) is 21.4 Å². The molecule has 6 bridgehead atoms. The fraction of sp³-hybridized carbons (Fsp3) is 0.684. The molecule has 6 fully saturated rings. The molecule has 0 heterocycles. The van der Waals surface area contributed by atoms with Gasteiger partial charge in [-0.25, -0.2) is 8.42 Å². The Bertz CT molecular complexity index is 1730. The van der Waals surface area contributed by atoms with Gasteiger partial charge in [0.15, 0.2) is 0 Å². The summed E-state index contributed by atoms with van der Waals surface area (Å²) in [6.07, 6.45) is 18.0. The molecule has 2 aromatic carbocycles. The van der Waals surface area contributed by atoms with E-state index in [1.54, 1.807) is 0 Å². The molecule has 0 radical (unpaired) electrons. The minimum absolute atomic E-state index is 0.208. The van der Waals surface area contributed by atoms with Gasteiger partial charge in [-0.15, -0.1) is 0 Å². The highest BCUT2D eigenvalue weighted by Crippen LogP contribution is 2.60. The zero-order valence-electron chi connectivity index (χ0n) is 26.8. The maximum absolute atomic E-state index is 15.0. The first-order valence-electron chi connectivity index (χ1n) is 18.3. The Hall–Kier alpha value is -1.90. The largest absolute Gasteiger partial charge is 0.744 e. The molecule has 9 rings (SSSR count). The van der Waals surface area contributed by atoms with E-state index in [2.05, 4.69) is 12.1 Å². The first-order chi connectivity index (χ1) is 22.1. The van der Waals surface area contributed by atoms with Crippen LogP contribution in [0.15, 0.2) is 34.1 Å². The average Bonchev–Trinajstić information content (AvgIpc) is 3.88. The lowest BCUT2D eigenvalue weighted by atomic mass is 9.75. The Kier molecular flexibility index (Phi) is 7.26. The smallest absolute Gasteiger partial charge is 0.339 e. The zero-order chi connectivity index (χ0) is 31.4. The van der Waals surface area contributed by atoms with E-state index in [0.717, 1.165) is 55.1 Å². The van der Waals surface area contributed by atoms with Crippen LogP contribution in [0, 0.1) is 35.5 Å². The normalized spacial score (nSPS) is 36.3. The number of hydrogen-bond donors (Lipinski definition) is 0. The van der Waals surface area contributed by atoms with E-state index in [0.29, 0.717) is 58.5 Å². The van der Waals surface area contributed by atoms with E-state index in [4.69, 9.17) is 4.18 Å². The van der Waals surface area contributed by atoms with Crippen LogP contribution in [0.5, 0.6) is 5.75 Å². The molecular weight excluding hydrogens is 617 g/mol. The van der Waals surface area contributed by atoms with Gasteiger partial charge in [0.05, 0.1) is 4.90 Å². The minimum Gasteiger partial charge on any atom is -0.744 e. The number of rotatable bonds is 7. The highest BCUT2D eigenvalue weighted by atomic mass is 32.2. The van der Waals surface area contributed by atoms with E-state index < -0.39 is 20.2 Å². The lowest BCUT2D eigenvalue weighted by Gasteiger charge is -2.32. The van der Waals surface area contributed by atoms with Crippen molar-refractivity contribution in [2.24, 2.45) is 35.5 Å².